The van der Waals surface area contributed by atoms with Crippen molar-refractivity contribution in [2.45, 2.75) is 0 Å². The Bertz CT molecular complexity index is 461. The highest BCUT2D eigenvalue weighted by Gasteiger charge is 2.28. The van der Waals surface area contributed by atoms with Crippen LogP contribution >= 0.6 is 11.6 Å². The van der Waals surface area contributed by atoms with E-state index in [9.17, 15) is 10.1 Å². The molecule has 8 heteroatoms. The molecule has 2 heterocycles. The Balaban J connectivity index is 2.31. The molecule has 0 aliphatic carbocycles. The van der Waals surface area contributed by atoms with Crippen LogP contribution in [-0.4, -0.2) is 41.0 Å². The molecule has 0 spiro atoms. The summed E-state index contributed by atoms with van der Waals surface area (Å²) in [6, 6.07) is 3.39. The third-order valence-electron chi connectivity index (χ3n) is 2.44. The molecular weight excluding hydrogens is 246 g/mol. The lowest BCUT2D eigenvalue weighted by Gasteiger charge is -2.17. The number of pyridine rings is 1. The summed E-state index contributed by atoms with van der Waals surface area (Å²) in [4.78, 5) is 17.9. The summed E-state index contributed by atoms with van der Waals surface area (Å²) in [5, 5.41) is 13.5. The lowest BCUT2D eigenvalue weighted by atomic mass is 10.4. The van der Waals surface area contributed by atoms with Crippen molar-refractivity contribution in [3.8, 4) is 0 Å². The first-order valence-corrected chi connectivity index (χ1v) is 5.29. The van der Waals surface area contributed by atoms with Gasteiger partial charge in [0.25, 0.3) is 5.96 Å². The van der Waals surface area contributed by atoms with E-state index in [0.29, 0.717) is 24.2 Å². The number of guanidine groups is 1. The lowest BCUT2D eigenvalue weighted by Crippen LogP contribution is -2.32. The molecule has 0 N–H and O–H groups in total. The minimum absolute atomic E-state index is 0.305. The average molecular weight is 256 g/mol. The van der Waals surface area contributed by atoms with Gasteiger partial charge in [0.1, 0.15) is 10.3 Å². The van der Waals surface area contributed by atoms with Crippen molar-refractivity contribution < 1.29 is 5.03 Å². The summed E-state index contributed by atoms with van der Waals surface area (Å²) in [5.74, 6) is 0.305. The van der Waals surface area contributed by atoms with Crippen molar-refractivity contribution in [1.82, 2.24) is 9.88 Å². The standard InChI is InChI=1S/C9H10ClN5O2/c1-13-4-5-14(9(13)12-15(16)17)7-2-3-8(10)11-6-7/h2-3,6H,4-5H2,1H3/b12-9+. The summed E-state index contributed by atoms with van der Waals surface area (Å²) in [5.41, 5.74) is 0.736. The van der Waals surface area contributed by atoms with Gasteiger partial charge in [0, 0.05) is 20.1 Å². The topological polar surface area (TPSA) is 74.9 Å². The number of anilines is 1. The molecular formula is C9H10ClN5O2. The van der Waals surface area contributed by atoms with Crippen molar-refractivity contribution in [3.05, 3.63) is 33.6 Å². The van der Waals surface area contributed by atoms with Gasteiger partial charge >= 0.3 is 0 Å². The summed E-state index contributed by atoms with van der Waals surface area (Å²) in [6.45, 7) is 1.31. The second kappa shape index (κ2) is 4.54. The Labute approximate surface area is 102 Å². The van der Waals surface area contributed by atoms with Crippen LogP contribution in [0.4, 0.5) is 5.69 Å². The third kappa shape index (κ3) is 2.44. The van der Waals surface area contributed by atoms with Crippen molar-refractivity contribution in [2.24, 2.45) is 5.10 Å². The molecule has 1 fully saturated rings. The Morgan fingerprint density at radius 1 is 1.53 bits per heavy atom. The molecule has 0 saturated carbocycles. The number of halogens is 1. The van der Waals surface area contributed by atoms with E-state index in [2.05, 4.69) is 10.1 Å². The Hall–Kier alpha value is -1.89. The average Bonchev–Trinajstić information content (AvgIpc) is 2.61. The summed E-state index contributed by atoms with van der Waals surface area (Å²) < 4.78 is 0. The van der Waals surface area contributed by atoms with Crippen molar-refractivity contribution >= 4 is 23.2 Å². The van der Waals surface area contributed by atoms with Crippen LogP contribution in [-0.2, 0) is 0 Å². The number of aromatic nitrogens is 1. The van der Waals surface area contributed by atoms with Gasteiger partial charge in [-0.15, -0.1) is 0 Å². The maximum Gasteiger partial charge on any atom is 0.278 e. The number of likely N-dealkylation sites (N-methyl/N-ethyl adjacent to an activating group) is 1. The largest absolute Gasteiger partial charge is 0.339 e. The van der Waals surface area contributed by atoms with Crippen LogP contribution in [0.2, 0.25) is 5.15 Å². The molecule has 0 unspecified atom stereocenters. The van der Waals surface area contributed by atoms with Gasteiger partial charge in [0.15, 0.2) is 5.03 Å². The first-order chi connectivity index (χ1) is 8.08. The molecule has 1 saturated heterocycles. The molecule has 7 nitrogen and oxygen atoms in total. The minimum Gasteiger partial charge on any atom is -0.339 e. The van der Waals surface area contributed by atoms with Gasteiger partial charge in [-0.2, -0.15) is 0 Å². The highest BCUT2D eigenvalue weighted by molar-refractivity contribution is 6.29. The number of hydrogen-bond acceptors (Lipinski definition) is 3. The molecule has 1 aliphatic rings. The summed E-state index contributed by atoms with van der Waals surface area (Å²) in [6.07, 6.45) is 1.57. The fraction of sp³-hybridized carbons (Fsp3) is 0.333. The highest BCUT2D eigenvalue weighted by Crippen LogP contribution is 2.19. The van der Waals surface area contributed by atoms with Gasteiger partial charge in [-0.05, 0) is 12.1 Å². The third-order valence-corrected chi connectivity index (χ3v) is 2.66. The second-order valence-electron chi connectivity index (χ2n) is 3.55. The van der Waals surface area contributed by atoms with E-state index in [0.717, 1.165) is 5.69 Å². The monoisotopic (exact) mass is 255 g/mol. The summed E-state index contributed by atoms with van der Waals surface area (Å²) >= 11 is 5.69. The van der Waals surface area contributed by atoms with E-state index < -0.39 is 5.03 Å². The van der Waals surface area contributed by atoms with Gasteiger partial charge < -0.3 is 9.80 Å². The molecule has 0 radical (unpaired) electrons. The van der Waals surface area contributed by atoms with E-state index in [1.807, 2.05) is 0 Å². The van der Waals surface area contributed by atoms with E-state index in [1.165, 1.54) is 0 Å². The molecule has 17 heavy (non-hydrogen) atoms. The number of rotatable bonds is 2. The van der Waals surface area contributed by atoms with Gasteiger partial charge in [0.2, 0.25) is 0 Å². The van der Waals surface area contributed by atoms with Crippen molar-refractivity contribution in [3.63, 3.8) is 0 Å². The van der Waals surface area contributed by atoms with Crippen molar-refractivity contribution in [2.75, 3.05) is 25.0 Å². The van der Waals surface area contributed by atoms with E-state index >= 15 is 0 Å². The number of nitrogens with zero attached hydrogens (tertiary/aromatic N) is 5. The van der Waals surface area contributed by atoms with Crippen LogP contribution in [0.5, 0.6) is 0 Å². The molecule has 0 atom stereocenters. The minimum atomic E-state index is -0.701. The van der Waals surface area contributed by atoms with Crippen LogP contribution in [0.15, 0.2) is 23.4 Å². The molecule has 1 aromatic rings. The molecule has 0 amide bonds. The van der Waals surface area contributed by atoms with Crippen LogP contribution in [0.25, 0.3) is 0 Å². The Kier molecular flexibility index (Phi) is 3.10. The molecule has 1 aromatic heterocycles. The summed E-state index contributed by atoms with van der Waals surface area (Å²) in [7, 11) is 1.76. The predicted octanol–water partition coefficient (Wildman–Crippen LogP) is 1.03. The van der Waals surface area contributed by atoms with Crippen molar-refractivity contribution in [1.29, 1.82) is 0 Å². The SMILES string of the molecule is CN1CCN(c2ccc(Cl)nc2)/C1=N/[N+](=O)[O-]. The maximum absolute atomic E-state index is 10.5. The van der Waals surface area contributed by atoms with Crippen LogP contribution in [0.3, 0.4) is 0 Å². The maximum atomic E-state index is 10.5. The highest BCUT2D eigenvalue weighted by atomic mass is 35.5. The van der Waals surface area contributed by atoms with E-state index in [-0.39, 0.29) is 0 Å². The smallest absolute Gasteiger partial charge is 0.278 e. The van der Waals surface area contributed by atoms with E-state index in [1.54, 1.807) is 35.2 Å². The fourth-order valence-corrected chi connectivity index (χ4v) is 1.74. The number of hydrogen-bond donors (Lipinski definition) is 0. The lowest BCUT2D eigenvalue weighted by molar-refractivity contribution is -0.485. The first kappa shape index (κ1) is 11.6. The number of nitro groups is 1. The quantitative estimate of drug-likeness (QED) is 0.448. The molecule has 90 valence electrons. The van der Waals surface area contributed by atoms with Crippen LogP contribution in [0, 0.1) is 10.1 Å². The van der Waals surface area contributed by atoms with Crippen LogP contribution < -0.4 is 4.90 Å². The molecule has 0 bridgehead atoms. The van der Waals surface area contributed by atoms with E-state index in [4.69, 9.17) is 11.6 Å². The zero-order valence-corrected chi connectivity index (χ0v) is 9.83. The van der Waals surface area contributed by atoms with Gasteiger partial charge in [0.05, 0.1) is 11.9 Å². The zero-order chi connectivity index (χ0) is 12.4. The normalized spacial score (nSPS) is 17.9. The zero-order valence-electron chi connectivity index (χ0n) is 9.08. The van der Waals surface area contributed by atoms with Crippen LogP contribution in [0.1, 0.15) is 0 Å². The fourth-order valence-electron chi connectivity index (χ4n) is 1.63. The molecule has 1 aliphatic heterocycles. The van der Waals surface area contributed by atoms with Gasteiger partial charge in [-0.1, -0.05) is 11.6 Å². The van der Waals surface area contributed by atoms with Gasteiger partial charge in [-0.3, -0.25) is 0 Å². The predicted molar refractivity (Wildman–Crippen MR) is 63.7 cm³/mol. The van der Waals surface area contributed by atoms with Gasteiger partial charge in [-0.25, -0.2) is 15.1 Å². The first-order valence-electron chi connectivity index (χ1n) is 4.91. The molecule has 2 rings (SSSR count). The second-order valence-corrected chi connectivity index (χ2v) is 3.94. The molecule has 0 aromatic carbocycles. The Morgan fingerprint density at radius 2 is 2.29 bits per heavy atom. The Morgan fingerprint density at radius 3 is 2.88 bits per heavy atom. The number of hydrazone groups is 1.